The number of sulfone groups is 1. The van der Waals surface area contributed by atoms with Gasteiger partial charge in [0.25, 0.3) is 0 Å². The lowest BCUT2D eigenvalue weighted by Gasteiger charge is -2.23. The van der Waals surface area contributed by atoms with Crippen LogP contribution in [0.15, 0.2) is 58.3 Å². The number of amides is 1. The maximum atomic E-state index is 12.5. The fourth-order valence-electron chi connectivity index (χ4n) is 3.51. The molecule has 1 aliphatic rings. The maximum absolute atomic E-state index is 12.5. The zero-order chi connectivity index (χ0) is 21.2. The molecule has 1 N–H and O–H groups in total. The number of carbonyl (C=O) groups excluding carboxylic acids is 1. The van der Waals surface area contributed by atoms with Crippen LogP contribution >= 0.6 is 11.8 Å². The normalized spacial score (nSPS) is 20.3. The Morgan fingerprint density at radius 3 is 2.70 bits per heavy atom. The number of carbonyl (C=O) groups is 1. The first-order valence-corrected chi connectivity index (χ1v) is 12.3. The van der Waals surface area contributed by atoms with Crippen LogP contribution in [0.2, 0.25) is 0 Å². The largest absolute Gasteiger partial charge is 0.467 e. The number of rotatable bonds is 7. The summed E-state index contributed by atoms with van der Waals surface area (Å²) < 4.78 is 30.9. The van der Waals surface area contributed by atoms with Crippen molar-refractivity contribution in [3.05, 3.63) is 54.5 Å². The van der Waals surface area contributed by atoms with E-state index in [-0.39, 0.29) is 23.2 Å². The summed E-state index contributed by atoms with van der Waals surface area (Å²) in [5.41, 5.74) is 0.199. The molecular formula is C20H22N4O4S2. The molecule has 1 aliphatic heterocycles. The van der Waals surface area contributed by atoms with E-state index in [1.807, 2.05) is 47.0 Å². The predicted octanol–water partition coefficient (Wildman–Crippen LogP) is 2.37. The molecule has 0 radical (unpaired) electrons. The van der Waals surface area contributed by atoms with E-state index in [1.54, 1.807) is 13.2 Å². The molecule has 0 unspecified atom stereocenters. The highest BCUT2D eigenvalue weighted by Crippen LogP contribution is 2.26. The number of nitrogens with zero attached hydrogens (tertiary/aromatic N) is 3. The molecule has 1 amide bonds. The van der Waals surface area contributed by atoms with Crippen LogP contribution in [0.5, 0.6) is 0 Å². The van der Waals surface area contributed by atoms with Crippen LogP contribution in [0.3, 0.4) is 0 Å². The van der Waals surface area contributed by atoms with Crippen LogP contribution in [0, 0.1) is 0 Å². The molecule has 0 spiro atoms. The molecule has 3 heterocycles. The fourth-order valence-corrected chi connectivity index (χ4v) is 6.34. The monoisotopic (exact) mass is 446 g/mol. The number of aromatic nitrogens is 3. The summed E-state index contributed by atoms with van der Waals surface area (Å²) in [5, 5.41) is 12.1. The second-order valence-electron chi connectivity index (χ2n) is 7.58. The molecule has 3 aromatic rings. The van der Waals surface area contributed by atoms with Gasteiger partial charge in [0.1, 0.15) is 5.76 Å². The molecule has 8 nitrogen and oxygen atoms in total. The quantitative estimate of drug-likeness (QED) is 0.555. The van der Waals surface area contributed by atoms with Crippen molar-refractivity contribution in [1.82, 2.24) is 20.1 Å². The Labute approximate surface area is 179 Å². The Morgan fingerprint density at radius 2 is 2.03 bits per heavy atom. The van der Waals surface area contributed by atoms with E-state index in [0.29, 0.717) is 23.9 Å². The van der Waals surface area contributed by atoms with Crippen molar-refractivity contribution in [3.63, 3.8) is 0 Å². The van der Waals surface area contributed by atoms with E-state index in [0.717, 1.165) is 11.3 Å². The fraction of sp³-hybridized carbons (Fsp3) is 0.350. The maximum Gasteiger partial charge on any atom is 0.230 e. The van der Waals surface area contributed by atoms with Gasteiger partial charge in [-0.25, -0.2) is 8.42 Å². The van der Waals surface area contributed by atoms with E-state index in [4.69, 9.17) is 4.42 Å². The summed E-state index contributed by atoms with van der Waals surface area (Å²) >= 11 is 1.26. The number of hydrogen-bond donors (Lipinski definition) is 1. The summed E-state index contributed by atoms with van der Waals surface area (Å²) in [7, 11) is -3.09. The summed E-state index contributed by atoms with van der Waals surface area (Å²) in [6, 6.07) is 13.4. The lowest BCUT2D eigenvalue weighted by atomic mass is 10.0. The van der Waals surface area contributed by atoms with Crippen molar-refractivity contribution < 1.29 is 17.6 Å². The molecule has 158 valence electrons. The third-order valence-electron chi connectivity index (χ3n) is 4.92. The van der Waals surface area contributed by atoms with Crippen LogP contribution < -0.4 is 5.32 Å². The SMILES string of the molecule is C[C@]1(NC(=O)CSc2nnc(-c3ccccc3)n2Cc2ccco2)CCS(=O)(=O)C1. The first-order chi connectivity index (χ1) is 14.3. The molecule has 1 saturated heterocycles. The van der Waals surface area contributed by atoms with Crippen molar-refractivity contribution in [2.45, 2.75) is 30.6 Å². The molecule has 1 fully saturated rings. The van der Waals surface area contributed by atoms with E-state index >= 15 is 0 Å². The van der Waals surface area contributed by atoms with Crippen molar-refractivity contribution in [2.24, 2.45) is 0 Å². The molecule has 0 bridgehead atoms. The third kappa shape index (κ3) is 4.76. The number of thioether (sulfide) groups is 1. The van der Waals surface area contributed by atoms with Gasteiger partial charge in [0, 0.05) is 5.56 Å². The van der Waals surface area contributed by atoms with Gasteiger partial charge in [-0.2, -0.15) is 0 Å². The van der Waals surface area contributed by atoms with Gasteiger partial charge in [0.05, 0.1) is 35.6 Å². The highest BCUT2D eigenvalue weighted by atomic mass is 32.2. The summed E-state index contributed by atoms with van der Waals surface area (Å²) in [4.78, 5) is 12.5. The highest BCUT2D eigenvalue weighted by molar-refractivity contribution is 7.99. The lowest BCUT2D eigenvalue weighted by molar-refractivity contribution is -0.120. The average molecular weight is 447 g/mol. The Balaban J connectivity index is 1.50. The number of furan rings is 1. The van der Waals surface area contributed by atoms with E-state index < -0.39 is 15.4 Å². The number of benzene rings is 1. The van der Waals surface area contributed by atoms with Crippen molar-refractivity contribution in [1.29, 1.82) is 0 Å². The number of nitrogens with one attached hydrogen (secondary N) is 1. The zero-order valence-corrected chi connectivity index (χ0v) is 18.1. The lowest BCUT2D eigenvalue weighted by Crippen LogP contribution is -2.47. The van der Waals surface area contributed by atoms with Crippen LogP contribution in [0.4, 0.5) is 0 Å². The minimum atomic E-state index is -3.09. The minimum absolute atomic E-state index is 0.0246. The van der Waals surface area contributed by atoms with E-state index in [9.17, 15) is 13.2 Å². The van der Waals surface area contributed by atoms with Crippen LogP contribution in [-0.4, -0.2) is 51.9 Å². The smallest absolute Gasteiger partial charge is 0.230 e. The summed E-state index contributed by atoms with van der Waals surface area (Å²) in [6.07, 6.45) is 2.04. The first kappa shape index (κ1) is 20.7. The molecule has 4 rings (SSSR count). The molecule has 10 heteroatoms. The van der Waals surface area contributed by atoms with Crippen molar-refractivity contribution >= 4 is 27.5 Å². The van der Waals surface area contributed by atoms with Gasteiger partial charge in [-0.15, -0.1) is 10.2 Å². The van der Waals surface area contributed by atoms with Crippen LogP contribution in [0.25, 0.3) is 11.4 Å². The standard InChI is InChI=1S/C20H22N4O4S2/c1-20(9-11-30(26,27)14-20)21-17(25)13-29-19-23-22-18(15-6-3-2-4-7-15)24(19)12-16-8-5-10-28-16/h2-8,10H,9,11-14H2,1H3,(H,21,25)/t20-/m0/s1. The molecule has 0 aliphatic carbocycles. The highest BCUT2D eigenvalue weighted by Gasteiger charge is 2.39. The van der Waals surface area contributed by atoms with Gasteiger partial charge >= 0.3 is 0 Å². The predicted molar refractivity (Wildman–Crippen MR) is 114 cm³/mol. The third-order valence-corrected chi connectivity index (χ3v) is 7.79. The molecule has 2 aromatic heterocycles. The minimum Gasteiger partial charge on any atom is -0.467 e. The second-order valence-corrected chi connectivity index (χ2v) is 10.7. The van der Waals surface area contributed by atoms with Gasteiger partial charge < -0.3 is 9.73 Å². The Hall–Kier alpha value is -2.59. The molecule has 1 aromatic carbocycles. The Bertz CT molecular complexity index is 1130. The Kier molecular flexibility index (Phi) is 5.70. The van der Waals surface area contributed by atoms with Crippen LogP contribution in [0.1, 0.15) is 19.1 Å². The van der Waals surface area contributed by atoms with Crippen molar-refractivity contribution in [3.8, 4) is 11.4 Å². The van der Waals surface area contributed by atoms with Gasteiger partial charge in [0.15, 0.2) is 20.8 Å². The summed E-state index contributed by atoms with van der Waals surface area (Å²) in [6.45, 7) is 2.21. The zero-order valence-electron chi connectivity index (χ0n) is 16.4. The van der Waals surface area contributed by atoms with E-state index in [2.05, 4.69) is 15.5 Å². The molecule has 30 heavy (non-hydrogen) atoms. The first-order valence-electron chi connectivity index (χ1n) is 9.49. The number of hydrogen-bond acceptors (Lipinski definition) is 7. The molecule has 0 saturated carbocycles. The summed E-state index contributed by atoms with van der Waals surface area (Å²) in [5.74, 6) is 1.40. The van der Waals surface area contributed by atoms with Gasteiger partial charge in [0.2, 0.25) is 5.91 Å². The topological polar surface area (TPSA) is 107 Å². The van der Waals surface area contributed by atoms with Gasteiger partial charge in [-0.05, 0) is 25.5 Å². The molecule has 1 atom stereocenters. The van der Waals surface area contributed by atoms with Crippen LogP contribution in [-0.2, 0) is 21.2 Å². The second kappa shape index (κ2) is 8.27. The molecular weight excluding hydrogens is 424 g/mol. The van der Waals surface area contributed by atoms with E-state index in [1.165, 1.54) is 11.8 Å². The van der Waals surface area contributed by atoms with Crippen molar-refractivity contribution in [2.75, 3.05) is 17.3 Å². The van der Waals surface area contributed by atoms with Gasteiger partial charge in [-0.3, -0.25) is 9.36 Å². The van der Waals surface area contributed by atoms with Gasteiger partial charge in [-0.1, -0.05) is 42.1 Å². The average Bonchev–Trinajstić information content (AvgIpc) is 3.41. The Morgan fingerprint density at radius 1 is 1.23 bits per heavy atom.